The van der Waals surface area contributed by atoms with E-state index in [1.165, 1.54) is 17.7 Å². The molecule has 1 aromatic rings. The number of aromatic carboxylic acids is 1. The van der Waals surface area contributed by atoms with E-state index in [1.54, 1.807) is 6.07 Å². The first-order valence-electron chi connectivity index (χ1n) is 7.22. The van der Waals surface area contributed by atoms with Crippen molar-refractivity contribution >= 4 is 5.97 Å². The maximum atomic E-state index is 10.8. The molecule has 0 fully saturated rings. The number of carbonyl (C=O) groups is 1. The fraction of sp³-hybridized carbons (Fsp3) is 0.471. The molecule has 4 nitrogen and oxygen atoms in total. The molecule has 0 aliphatic carbocycles. The van der Waals surface area contributed by atoms with Gasteiger partial charge in [-0.05, 0) is 51.2 Å². The predicted molar refractivity (Wildman–Crippen MR) is 83.0 cm³/mol. The highest BCUT2D eigenvalue weighted by Crippen LogP contribution is 2.24. The van der Waals surface area contributed by atoms with Crippen molar-refractivity contribution in [1.29, 1.82) is 0 Å². The van der Waals surface area contributed by atoms with Crippen molar-refractivity contribution in [3.05, 3.63) is 35.4 Å². The zero-order chi connectivity index (χ0) is 15.8. The van der Waals surface area contributed by atoms with Crippen molar-refractivity contribution in [2.24, 2.45) is 5.92 Å². The van der Waals surface area contributed by atoms with Crippen molar-refractivity contribution in [2.75, 3.05) is 6.61 Å². The summed E-state index contributed by atoms with van der Waals surface area (Å²) < 4.78 is 5.55. The highest BCUT2D eigenvalue weighted by atomic mass is 16.5. The number of hydrogen-bond donors (Lipinski definition) is 2. The van der Waals surface area contributed by atoms with E-state index in [9.17, 15) is 9.90 Å². The fourth-order valence-electron chi connectivity index (χ4n) is 1.96. The summed E-state index contributed by atoms with van der Waals surface area (Å²) in [5.74, 6) is -0.356. The van der Waals surface area contributed by atoms with Gasteiger partial charge >= 0.3 is 5.97 Å². The molecule has 1 rings (SSSR count). The number of carboxylic acids is 1. The van der Waals surface area contributed by atoms with Crippen LogP contribution in [0.3, 0.4) is 0 Å². The van der Waals surface area contributed by atoms with Crippen LogP contribution in [-0.2, 0) is 0 Å². The second kappa shape index (κ2) is 8.35. The molecule has 0 spiro atoms. The number of phenols is 1. The number of rotatable bonds is 8. The lowest BCUT2D eigenvalue weighted by atomic mass is 10.0. The maximum Gasteiger partial charge on any atom is 0.339 e. The summed E-state index contributed by atoms with van der Waals surface area (Å²) in [6, 6.07) is 4.26. The Morgan fingerprint density at radius 1 is 1.33 bits per heavy atom. The second-order valence-electron chi connectivity index (χ2n) is 5.59. The van der Waals surface area contributed by atoms with Gasteiger partial charge in [0, 0.05) is 6.07 Å². The molecule has 0 amide bonds. The summed E-state index contributed by atoms with van der Waals surface area (Å²) in [6.07, 6.45) is 5.37. The molecule has 0 saturated heterocycles. The summed E-state index contributed by atoms with van der Waals surface area (Å²) in [5.41, 5.74) is 1.23. The van der Waals surface area contributed by atoms with Crippen LogP contribution in [0.4, 0.5) is 0 Å². The van der Waals surface area contributed by atoms with Crippen LogP contribution >= 0.6 is 0 Å². The Labute approximate surface area is 126 Å². The van der Waals surface area contributed by atoms with Gasteiger partial charge in [0.15, 0.2) is 0 Å². The van der Waals surface area contributed by atoms with Gasteiger partial charge in [-0.25, -0.2) is 4.79 Å². The number of hydrogen-bond acceptors (Lipinski definition) is 3. The predicted octanol–water partition coefficient (Wildman–Crippen LogP) is 4.24. The van der Waals surface area contributed by atoms with Crippen molar-refractivity contribution in [2.45, 2.75) is 40.0 Å². The van der Waals surface area contributed by atoms with E-state index < -0.39 is 5.97 Å². The minimum atomic E-state index is -1.15. The molecule has 0 aliphatic heterocycles. The van der Waals surface area contributed by atoms with E-state index in [2.05, 4.69) is 26.8 Å². The maximum absolute atomic E-state index is 10.8. The Morgan fingerprint density at radius 3 is 2.62 bits per heavy atom. The van der Waals surface area contributed by atoms with E-state index >= 15 is 0 Å². The van der Waals surface area contributed by atoms with Gasteiger partial charge in [0.1, 0.15) is 17.1 Å². The second-order valence-corrected chi connectivity index (χ2v) is 5.59. The number of aromatic hydroxyl groups is 1. The van der Waals surface area contributed by atoms with E-state index in [0.717, 1.165) is 19.3 Å². The average molecular weight is 292 g/mol. The van der Waals surface area contributed by atoms with Gasteiger partial charge in [0.2, 0.25) is 0 Å². The number of allylic oxidation sites excluding steroid dienone is 2. The Kier molecular flexibility index (Phi) is 6.79. The quantitative estimate of drug-likeness (QED) is 0.703. The molecule has 1 atom stereocenters. The lowest BCUT2D eigenvalue weighted by molar-refractivity contribution is 0.0693. The Bertz CT molecular complexity index is 502. The zero-order valence-electron chi connectivity index (χ0n) is 12.9. The first-order chi connectivity index (χ1) is 9.90. The lowest BCUT2D eigenvalue weighted by Crippen LogP contribution is -2.04. The molecule has 0 saturated carbocycles. The highest BCUT2D eigenvalue weighted by Gasteiger charge is 2.10. The molecule has 0 aromatic heterocycles. The standard InChI is InChI=1S/C17H24O4/c1-12(2)5-4-6-13(3)9-10-21-14-7-8-15(17(19)20)16(18)11-14/h5,7-8,11,13,18H,4,6,9-10H2,1-3H3,(H,19,20). The summed E-state index contributed by atoms with van der Waals surface area (Å²) in [5, 5.41) is 18.4. The third kappa shape index (κ3) is 6.34. The van der Waals surface area contributed by atoms with E-state index in [-0.39, 0.29) is 11.3 Å². The fourth-order valence-corrected chi connectivity index (χ4v) is 1.96. The third-order valence-electron chi connectivity index (χ3n) is 3.29. The van der Waals surface area contributed by atoms with Crippen LogP contribution in [0.2, 0.25) is 0 Å². The molecule has 1 unspecified atom stereocenters. The summed E-state index contributed by atoms with van der Waals surface area (Å²) in [7, 11) is 0. The van der Waals surface area contributed by atoms with Crippen LogP contribution in [-0.4, -0.2) is 22.8 Å². The number of ether oxygens (including phenoxy) is 1. The van der Waals surface area contributed by atoms with E-state index in [4.69, 9.17) is 9.84 Å². The van der Waals surface area contributed by atoms with Crippen molar-refractivity contribution < 1.29 is 19.7 Å². The van der Waals surface area contributed by atoms with Crippen molar-refractivity contribution in [3.63, 3.8) is 0 Å². The molecule has 116 valence electrons. The Hall–Kier alpha value is -1.97. The average Bonchev–Trinajstić information content (AvgIpc) is 2.37. The third-order valence-corrected chi connectivity index (χ3v) is 3.29. The first-order valence-corrected chi connectivity index (χ1v) is 7.22. The SMILES string of the molecule is CC(C)=CCCC(C)CCOc1ccc(C(=O)O)c(O)c1. The minimum Gasteiger partial charge on any atom is -0.507 e. The Morgan fingerprint density at radius 2 is 2.05 bits per heavy atom. The molecule has 1 aromatic carbocycles. The van der Waals surface area contributed by atoms with Gasteiger partial charge in [0.25, 0.3) is 0 Å². The molecule has 0 radical (unpaired) electrons. The van der Waals surface area contributed by atoms with Crippen LogP contribution in [0, 0.1) is 5.92 Å². The van der Waals surface area contributed by atoms with Crippen LogP contribution < -0.4 is 4.74 Å². The van der Waals surface area contributed by atoms with Crippen LogP contribution in [0.25, 0.3) is 0 Å². The molecule has 0 bridgehead atoms. The summed E-state index contributed by atoms with van der Waals surface area (Å²) >= 11 is 0. The van der Waals surface area contributed by atoms with E-state index in [1.807, 2.05) is 0 Å². The summed E-state index contributed by atoms with van der Waals surface area (Å²) in [4.78, 5) is 10.8. The number of benzene rings is 1. The van der Waals surface area contributed by atoms with Gasteiger partial charge in [-0.2, -0.15) is 0 Å². The highest BCUT2D eigenvalue weighted by molar-refractivity contribution is 5.90. The van der Waals surface area contributed by atoms with Gasteiger partial charge in [-0.1, -0.05) is 18.6 Å². The molecular weight excluding hydrogens is 268 g/mol. The van der Waals surface area contributed by atoms with Gasteiger partial charge in [0.05, 0.1) is 6.61 Å². The van der Waals surface area contributed by atoms with Crippen LogP contribution in [0.1, 0.15) is 50.4 Å². The van der Waals surface area contributed by atoms with Crippen LogP contribution in [0.5, 0.6) is 11.5 Å². The van der Waals surface area contributed by atoms with E-state index in [0.29, 0.717) is 18.3 Å². The van der Waals surface area contributed by atoms with Crippen molar-refractivity contribution in [3.8, 4) is 11.5 Å². The largest absolute Gasteiger partial charge is 0.507 e. The monoisotopic (exact) mass is 292 g/mol. The topological polar surface area (TPSA) is 66.8 Å². The molecule has 4 heteroatoms. The smallest absolute Gasteiger partial charge is 0.339 e. The summed E-state index contributed by atoms with van der Waals surface area (Å²) in [6.45, 7) is 6.94. The molecule has 21 heavy (non-hydrogen) atoms. The first kappa shape index (κ1) is 17.1. The van der Waals surface area contributed by atoms with Crippen LogP contribution in [0.15, 0.2) is 29.8 Å². The molecule has 2 N–H and O–H groups in total. The minimum absolute atomic E-state index is 0.113. The number of carboxylic acid groups (broad SMARTS) is 1. The lowest BCUT2D eigenvalue weighted by Gasteiger charge is -2.12. The zero-order valence-corrected chi connectivity index (χ0v) is 12.9. The van der Waals surface area contributed by atoms with Gasteiger partial charge < -0.3 is 14.9 Å². The van der Waals surface area contributed by atoms with Crippen molar-refractivity contribution in [1.82, 2.24) is 0 Å². The molecule has 0 heterocycles. The molecule has 0 aliphatic rings. The normalized spacial score (nSPS) is 11.8. The van der Waals surface area contributed by atoms with Gasteiger partial charge in [-0.3, -0.25) is 0 Å². The Balaban J connectivity index is 2.37. The van der Waals surface area contributed by atoms with Gasteiger partial charge in [-0.15, -0.1) is 0 Å². The molecular formula is C17H24O4.